The van der Waals surface area contributed by atoms with Crippen LogP contribution in [0.15, 0.2) is 66.9 Å². The zero-order chi connectivity index (χ0) is 22.3. The Kier molecular flexibility index (Phi) is 7.47. The maximum Gasteiger partial charge on any atom is 0.410 e. The standard InChI is InChI=1S/C24H24Cl2N4O2/c25-20-13-21(26)15-22(14-20)28-23-19(7-4-8-27-23)16-29-9-11-30(12-10-29)24(31)32-17-18-5-2-1-3-6-18/h1-8,13-15H,9-12,16-17H2,(H,27,28). The molecule has 1 aliphatic rings. The normalized spacial score (nSPS) is 14.2. The molecule has 32 heavy (non-hydrogen) atoms. The highest BCUT2D eigenvalue weighted by Crippen LogP contribution is 2.26. The van der Waals surface area contributed by atoms with Gasteiger partial charge in [-0.3, -0.25) is 4.90 Å². The van der Waals surface area contributed by atoms with E-state index in [0.29, 0.717) is 23.1 Å². The number of aromatic nitrogens is 1. The van der Waals surface area contributed by atoms with Gasteiger partial charge in [-0.1, -0.05) is 59.6 Å². The molecule has 1 aliphatic heterocycles. The monoisotopic (exact) mass is 470 g/mol. The topological polar surface area (TPSA) is 57.7 Å². The van der Waals surface area contributed by atoms with Crippen LogP contribution in [-0.4, -0.2) is 47.1 Å². The van der Waals surface area contributed by atoms with Crippen molar-refractivity contribution in [1.29, 1.82) is 0 Å². The van der Waals surface area contributed by atoms with Gasteiger partial charge in [-0.2, -0.15) is 0 Å². The van der Waals surface area contributed by atoms with Crippen molar-refractivity contribution >= 4 is 40.8 Å². The molecule has 3 aromatic rings. The number of rotatable bonds is 6. The summed E-state index contributed by atoms with van der Waals surface area (Å²) >= 11 is 12.2. The molecule has 1 saturated heterocycles. The van der Waals surface area contributed by atoms with Crippen LogP contribution in [0.2, 0.25) is 10.0 Å². The van der Waals surface area contributed by atoms with Crippen LogP contribution in [0.1, 0.15) is 11.1 Å². The summed E-state index contributed by atoms with van der Waals surface area (Å²) in [5, 5.41) is 4.44. The number of nitrogens with one attached hydrogen (secondary N) is 1. The van der Waals surface area contributed by atoms with Gasteiger partial charge >= 0.3 is 6.09 Å². The third-order valence-corrected chi connectivity index (χ3v) is 5.68. The van der Waals surface area contributed by atoms with Crippen molar-refractivity contribution in [3.63, 3.8) is 0 Å². The van der Waals surface area contributed by atoms with Crippen molar-refractivity contribution < 1.29 is 9.53 Å². The fourth-order valence-corrected chi connectivity index (χ4v) is 4.11. The molecule has 4 rings (SSSR count). The van der Waals surface area contributed by atoms with Crippen LogP contribution in [0.5, 0.6) is 0 Å². The highest BCUT2D eigenvalue weighted by molar-refractivity contribution is 6.35. The van der Waals surface area contributed by atoms with Crippen LogP contribution < -0.4 is 5.32 Å². The summed E-state index contributed by atoms with van der Waals surface area (Å²) in [6.07, 6.45) is 1.48. The summed E-state index contributed by atoms with van der Waals surface area (Å²) < 4.78 is 5.45. The van der Waals surface area contributed by atoms with Gasteiger partial charge in [-0.15, -0.1) is 0 Å². The van der Waals surface area contributed by atoms with Crippen molar-refractivity contribution in [3.05, 3.63) is 88.0 Å². The Morgan fingerprint density at radius 2 is 1.69 bits per heavy atom. The molecule has 1 aromatic heterocycles. The highest BCUT2D eigenvalue weighted by Gasteiger charge is 2.23. The Balaban J connectivity index is 1.31. The van der Waals surface area contributed by atoms with E-state index in [-0.39, 0.29) is 12.7 Å². The average molecular weight is 471 g/mol. The van der Waals surface area contributed by atoms with Crippen molar-refractivity contribution in [2.45, 2.75) is 13.2 Å². The van der Waals surface area contributed by atoms with Crippen LogP contribution in [0.4, 0.5) is 16.3 Å². The molecule has 1 N–H and O–H groups in total. The molecular formula is C24H24Cl2N4O2. The van der Waals surface area contributed by atoms with Crippen LogP contribution in [0, 0.1) is 0 Å². The number of pyridine rings is 1. The van der Waals surface area contributed by atoms with E-state index in [1.54, 1.807) is 17.2 Å². The van der Waals surface area contributed by atoms with Crippen molar-refractivity contribution in [1.82, 2.24) is 14.8 Å². The number of piperazine rings is 1. The van der Waals surface area contributed by atoms with Gasteiger partial charge in [0.05, 0.1) is 0 Å². The van der Waals surface area contributed by atoms with E-state index in [9.17, 15) is 4.79 Å². The number of anilines is 2. The predicted octanol–water partition coefficient (Wildman–Crippen LogP) is 5.59. The summed E-state index contributed by atoms with van der Waals surface area (Å²) in [4.78, 5) is 20.9. The number of benzene rings is 2. The molecule has 0 aliphatic carbocycles. The molecule has 1 fully saturated rings. The van der Waals surface area contributed by atoms with E-state index >= 15 is 0 Å². The second-order valence-corrected chi connectivity index (χ2v) is 8.47. The first kappa shape index (κ1) is 22.4. The van der Waals surface area contributed by atoms with Crippen LogP contribution in [-0.2, 0) is 17.9 Å². The number of halogens is 2. The zero-order valence-electron chi connectivity index (χ0n) is 17.5. The highest BCUT2D eigenvalue weighted by atomic mass is 35.5. The fraction of sp³-hybridized carbons (Fsp3) is 0.250. The van der Waals surface area contributed by atoms with Gasteiger partial charge < -0.3 is 15.0 Å². The van der Waals surface area contributed by atoms with E-state index in [1.807, 2.05) is 54.6 Å². The molecule has 166 valence electrons. The first-order chi connectivity index (χ1) is 15.6. The minimum absolute atomic E-state index is 0.268. The number of carbonyl (C=O) groups excluding carboxylic acids is 1. The van der Waals surface area contributed by atoms with Gasteiger partial charge in [0.2, 0.25) is 0 Å². The van der Waals surface area contributed by atoms with Crippen LogP contribution in [0.3, 0.4) is 0 Å². The Hall–Kier alpha value is -2.80. The lowest BCUT2D eigenvalue weighted by Gasteiger charge is -2.34. The number of nitrogens with zero attached hydrogens (tertiary/aromatic N) is 3. The summed E-state index contributed by atoms with van der Waals surface area (Å²) in [6.45, 7) is 3.78. The van der Waals surface area contributed by atoms with Crippen LogP contribution in [0.25, 0.3) is 0 Å². The fourth-order valence-electron chi connectivity index (χ4n) is 3.58. The molecule has 0 bridgehead atoms. The van der Waals surface area contributed by atoms with E-state index in [1.165, 1.54) is 0 Å². The Bertz CT molecular complexity index is 1040. The molecule has 0 saturated carbocycles. The van der Waals surface area contributed by atoms with Gasteiger partial charge in [0.25, 0.3) is 0 Å². The molecule has 0 unspecified atom stereocenters. The summed E-state index contributed by atoms with van der Waals surface area (Å²) in [7, 11) is 0. The third-order valence-electron chi connectivity index (χ3n) is 5.25. The van der Waals surface area contributed by atoms with E-state index in [2.05, 4.69) is 15.2 Å². The SMILES string of the molecule is O=C(OCc1ccccc1)N1CCN(Cc2cccnc2Nc2cc(Cl)cc(Cl)c2)CC1. The third kappa shape index (κ3) is 6.13. The number of ether oxygens (including phenoxy) is 1. The second kappa shape index (κ2) is 10.7. The van der Waals surface area contributed by atoms with Crippen molar-refractivity contribution in [3.8, 4) is 0 Å². The van der Waals surface area contributed by atoms with Gasteiger partial charge in [-0.05, 0) is 29.8 Å². The Morgan fingerprint density at radius 1 is 0.969 bits per heavy atom. The maximum absolute atomic E-state index is 12.4. The van der Waals surface area contributed by atoms with E-state index < -0.39 is 0 Å². The summed E-state index contributed by atoms with van der Waals surface area (Å²) in [6, 6.07) is 19.0. The molecule has 8 heteroatoms. The molecule has 0 radical (unpaired) electrons. The van der Waals surface area contributed by atoms with Crippen molar-refractivity contribution in [2.24, 2.45) is 0 Å². The van der Waals surface area contributed by atoms with Gasteiger partial charge in [-0.25, -0.2) is 9.78 Å². The van der Waals surface area contributed by atoms with Gasteiger partial charge in [0, 0.05) is 60.2 Å². The number of hydrogen-bond acceptors (Lipinski definition) is 5. The van der Waals surface area contributed by atoms with Crippen molar-refractivity contribution in [2.75, 3.05) is 31.5 Å². The molecule has 2 aromatic carbocycles. The lowest BCUT2D eigenvalue weighted by molar-refractivity contribution is 0.0701. The molecule has 6 nitrogen and oxygen atoms in total. The van der Waals surface area contributed by atoms with Gasteiger partial charge in [0.15, 0.2) is 0 Å². The Morgan fingerprint density at radius 3 is 2.41 bits per heavy atom. The molecular weight excluding hydrogens is 447 g/mol. The average Bonchev–Trinajstić information content (AvgIpc) is 2.79. The molecule has 0 spiro atoms. The minimum Gasteiger partial charge on any atom is -0.445 e. The lowest BCUT2D eigenvalue weighted by atomic mass is 10.2. The first-order valence-corrected chi connectivity index (χ1v) is 11.2. The minimum atomic E-state index is -0.268. The quantitative estimate of drug-likeness (QED) is 0.508. The number of amides is 1. The predicted molar refractivity (Wildman–Crippen MR) is 127 cm³/mol. The second-order valence-electron chi connectivity index (χ2n) is 7.60. The molecule has 1 amide bonds. The van der Waals surface area contributed by atoms with Gasteiger partial charge in [0.1, 0.15) is 12.4 Å². The first-order valence-electron chi connectivity index (χ1n) is 10.4. The Labute approximate surface area is 197 Å². The summed E-state index contributed by atoms with van der Waals surface area (Å²) in [5.74, 6) is 0.760. The maximum atomic E-state index is 12.4. The number of carbonyl (C=O) groups is 1. The van der Waals surface area contributed by atoms with E-state index in [0.717, 1.165) is 42.3 Å². The smallest absolute Gasteiger partial charge is 0.410 e. The lowest BCUT2D eigenvalue weighted by Crippen LogP contribution is -2.48. The largest absolute Gasteiger partial charge is 0.445 e. The number of hydrogen-bond donors (Lipinski definition) is 1. The molecule has 2 heterocycles. The molecule has 0 atom stereocenters. The van der Waals surface area contributed by atoms with E-state index in [4.69, 9.17) is 27.9 Å². The van der Waals surface area contributed by atoms with Crippen LogP contribution >= 0.6 is 23.2 Å². The summed E-state index contributed by atoms with van der Waals surface area (Å²) in [5.41, 5.74) is 2.83. The zero-order valence-corrected chi connectivity index (χ0v) is 19.0.